The van der Waals surface area contributed by atoms with E-state index in [4.69, 9.17) is 9.47 Å². The highest BCUT2D eigenvalue weighted by Gasteiger charge is 2.35. The Balaban J connectivity index is 1.99. The molecule has 0 bridgehead atoms. The van der Waals surface area contributed by atoms with Gasteiger partial charge in [-0.05, 0) is 36.0 Å². The Morgan fingerprint density at radius 1 is 1.50 bits per heavy atom. The van der Waals surface area contributed by atoms with Crippen molar-refractivity contribution in [3.8, 4) is 23.6 Å². The molecule has 1 aliphatic rings. The molecule has 2 heterocycles. The molecule has 112 valence electrons. The highest BCUT2D eigenvalue weighted by Crippen LogP contribution is 2.30. The number of hydrogen-bond acceptors (Lipinski definition) is 5. The summed E-state index contributed by atoms with van der Waals surface area (Å²) in [5.74, 6) is 6.15. The van der Waals surface area contributed by atoms with Crippen LogP contribution in [0.2, 0.25) is 0 Å². The molecule has 0 fully saturated rings. The van der Waals surface area contributed by atoms with Crippen LogP contribution in [0.3, 0.4) is 0 Å². The van der Waals surface area contributed by atoms with Gasteiger partial charge >= 0.3 is 11.8 Å². The lowest BCUT2D eigenvalue weighted by Crippen LogP contribution is -2.10. The van der Waals surface area contributed by atoms with Crippen LogP contribution < -0.4 is 9.47 Å². The summed E-state index contributed by atoms with van der Waals surface area (Å²) in [4.78, 5) is 14.9. The zero-order valence-corrected chi connectivity index (χ0v) is 12.1. The van der Waals surface area contributed by atoms with E-state index < -0.39 is 4.92 Å². The molecule has 3 rings (SSSR count). The standard InChI is InChI=1S/C15H13N3O4/c1-10-9-17-14(18(19)20)13(16-15(17)22-10)7-6-11-4-3-5-12(8-11)21-2/h3-5,8,10H,9H2,1-2H3. The quantitative estimate of drug-likeness (QED) is 0.481. The number of benzene rings is 1. The Bertz CT molecular complexity index is 801. The summed E-state index contributed by atoms with van der Waals surface area (Å²) in [6.45, 7) is 2.24. The van der Waals surface area contributed by atoms with E-state index in [2.05, 4.69) is 16.8 Å². The van der Waals surface area contributed by atoms with Gasteiger partial charge in [0, 0.05) is 5.56 Å². The second kappa shape index (κ2) is 5.41. The summed E-state index contributed by atoms with van der Waals surface area (Å²) in [6.07, 6.45) is -0.124. The molecule has 0 radical (unpaired) electrons. The Morgan fingerprint density at radius 2 is 2.32 bits per heavy atom. The molecule has 22 heavy (non-hydrogen) atoms. The third kappa shape index (κ3) is 2.46. The van der Waals surface area contributed by atoms with Gasteiger partial charge in [-0.2, -0.15) is 9.55 Å². The van der Waals surface area contributed by atoms with Crippen LogP contribution in [0.15, 0.2) is 24.3 Å². The van der Waals surface area contributed by atoms with Gasteiger partial charge in [-0.25, -0.2) is 0 Å². The molecule has 1 aromatic heterocycles. The highest BCUT2D eigenvalue weighted by molar-refractivity contribution is 5.50. The molecule has 0 saturated carbocycles. The minimum absolute atomic E-state index is 0.106. The van der Waals surface area contributed by atoms with E-state index in [1.165, 1.54) is 4.57 Å². The molecule has 1 aromatic carbocycles. The molecule has 1 unspecified atom stereocenters. The van der Waals surface area contributed by atoms with E-state index in [9.17, 15) is 10.1 Å². The largest absolute Gasteiger partial charge is 0.497 e. The normalized spacial score (nSPS) is 15.5. The van der Waals surface area contributed by atoms with Gasteiger partial charge in [-0.1, -0.05) is 12.0 Å². The second-order valence-corrected chi connectivity index (χ2v) is 4.84. The smallest absolute Gasteiger partial charge is 0.392 e. The van der Waals surface area contributed by atoms with Crippen molar-refractivity contribution < 1.29 is 14.4 Å². The molecule has 7 nitrogen and oxygen atoms in total. The first-order valence-electron chi connectivity index (χ1n) is 6.66. The molecule has 0 N–H and O–H groups in total. The second-order valence-electron chi connectivity index (χ2n) is 4.84. The van der Waals surface area contributed by atoms with Crippen LogP contribution in [0.25, 0.3) is 0 Å². The molecular formula is C15H13N3O4. The first-order chi connectivity index (χ1) is 10.6. The molecule has 0 aliphatic carbocycles. The van der Waals surface area contributed by atoms with Crippen LogP contribution in [-0.2, 0) is 6.54 Å². The van der Waals surface area contributed by atoms with Crippen molar-refractivity contribution in [2.24, 2.45) is 0 Å². The predicted molar refractivity (Wildman–Crippen MR) is 77.9 cm³/mol. The highest BCUT2D eigenvalue weighted by atomic mass is 16.6. The van der Waals surface area contributed by atoms with E-state index >= 15 is 0 Å². The van der Waals surface area contributed by atoms with E-state index in [0.29, 0.717) is 17.9 Å². The number of fused-ring (bicyclic) bond motifs is 1. The van der Waals surface area contributed by atoms with E-state index in [1.807, 2.05) is 6.92 Å². The lowest BCUT2D eigenvalue weighted by atomic mass is 10.2. The molecule has 0 saturated heterocycles. The van der Waals surface area contributed by atoms with Gasteiger partial charge in [0.15, 0.2) is 0 Å². The zero-order chi connectivity index (χ0) is 15.7. The lowest BCUT2D eigenvalue weighted by Gasteiger charge is -1.99. The molecule has 2 aromatic rings. The van der Waals surface area contributed by atoms with Crippen LogP contribution >= 0.6 is 0 Å². The van der Waals surface area contributed by atoms with Crippen molar-refractivity contribution in [2.75, 3.05) is 7.11 Å². The van der Waals surface area contributed by atoms with Crippen LogP contribution in [0, 0.1) is 22.0 Å². The number of hydrogen-bond donors (Lipinski definition) is 0. The monoisotopic (exact) mass is 299 g/mol. The van der Waals surface area contributed by atoms with Gasteiger partial charge in [0.1, 0.15) is 18.4 Å². The number of ether oxygens (including phenoxy) is 2. The fraction of sp³-hybridized carbons (Fsp3) is 0.267. The molecular weight excluding hydrogens is 286 g/mol. The molecule has 0 amide bonds. The summed E-state index contributed by atoms with van der Waals surface area (Å²) < 4.78 is 12.0. The maximum absolute atomic E-state index is 11.3. The lowest BCUT2D eigenvalue weighted by molar-refractivity contribution is -0.392. The first-order valence-corrected chi connectivity index (χ1v) is 6.66. The van der Waals surface area contributed by atoms with Gasteiger partial charge in [0.25, 0.3) is 0 Å². The summed E-state index contributed by atoms with van der Waals surface area (Å²) in [5.41, 5.74) is 0.797. The third-order valence-corrected chi connectivity index (χ3v) is 3.22. The van der Waals surface area contributed by atoms with Crippen LogP contribution in [0.4, 0.5) is 5.82 Å². The Labute approximate surface area is 126 Å². The first kappa shape index (κ1) is 13.9. The SMILES string of the molecule is COc1cccc(C#Cc2nc3n(c2[N+](=O)[O-])CC(C)O3)c1. The Morgan fingerprint density at radius 3 is 3.05 bits per heavy atom. The predicted octanol–water partition coefficient (Wildman–Crippen LogP) is 1.98. The number of imidazole rings is 1. The van der Waals surface area contributed by atoms with Crippen LogP contribution in [0.5, 0.6) is 11.8 Å². The van der Waals surface area contributed by atoms with Crippen molar-refractivity contribution in [3.63, 3.8) is 0 Å². The summed E-state index contributed by atoms with van der Waals surface area (Å²) >= 11 is 0. The Kier molecular flexibility index (Phi) is 3.43. The minimum atomic E-state index is -0.479. The van der Waals surface area contributed by atoms with Gasteiger partial charge in [-0.15, -0.1) is 0 Å². The number of methoxy groups -OCH3 is 1. The van der Waals surface area contributed by atoms with Crippen molar-refractivity contribution in [3.05, 3.63) is 45.6 Å². The van der Waals surface area contributed by atoms with E-state index in [0.717, 1.165) is 0 Å². The fourth-order valence-electron chi connectivity index (χ4n) is 2.25. The average molecular weight is 299 g/mol. The average Bonchev–Trinajstić information content (AvgIpc) is 3.00. The summed E-state index contributed by atoms with van der Waals surface area (Å²) in [6, 6.07) is 7.39. The van der Waals surface area contributed by atoms with Crippen molar-refractivity contribution >= 4 is 5.82 Å². The van der Waals surface area contributed by atoms with Crippen LogP contribution in [-0.4, -0.2) is 27.7 Å². The number of nitrogens with zero attached hydrogens (tertiary/aromatic N) is 3. The Hall–Kier alpha value is -3.01. The summed E-state index contributed by atoms with van der Waals surface area (Å²) in [7, 11) is 1.57. The minimum Gasteiger partial charge on any atom is -0.497 e. The maximum Gasteiger partial charge on any atom is 0.392 e. The van der Waals surface area contributed by atoms with Crippen molar-refractivity contribution in [1.82, 2.24) is 9.55 Å². The maximum atomic E-state index is 11.3. The topological polar surface area (TPSA) is 79.4 Å². The number of rotatable bonds is 2. The van der Waals surface area contributed by atoms with Gasteiger partial charge in [0.2, 0.25) is 5.69 Å². The molecule has 0 spiro atoms. The van der Waals surface area contributed by atoms with Crippen LogP contribution in [0.1, 0.15) is 18.2 Å². The van der Waals surface area contributed by atoms with Gasteiger partial charge in [0.05, 0.1) is 7.11 Å². The molecule has 7 heteroatoms. The van der Waals surface area contributed by atoms with Crippen molar-refractivity contribution in [1.29, 1.82) is 0 Å². The summed E-state index contributed by atoms with van der Waals surface area (Å²) in [5, 5.41) is 11.3. The third-order valence-electron chi connectivity index (χ3n) is 3.22. The fourth-order valence-corrected chi connectivity index (χ4v) is 2.25. The number of nitro groups is 1. The zero-order valence-electron chi connectivity index (χ0n) is 12.1. The van der Waals surface area contributed by atoms with Gasteiger partial charge in [-0.3, -0.25) is 0 Å². The number of aromatic nitrogens is 2. The van der Waals surface area contributed by atoms with Crippen molar-refractivity contribution in [2.45, 2.75) is 19.6 Å². The van der Waals surface area contributed by atoms with Gasteiger partial charge < -0.3 is 19.6 Å². The molecule has 1 aliphatic heterocycles. The molecule has 1 atom stereocenters. The van der Waals surface area contributed by atoms with E-state index in [-0.39, 0.29) is 23.6 Å². The van der Waals surface area contributed by atoms with E-state index in [1.54, 1.807) is 31.4 Å².